The van der Waals surface area contributed by atoms with Gasteiger partial charge in [0.2, 0.25) is 5.91 Å². The Kier molecular flexibility index (Phi) is 4.49. The van der Waals surface area contributed by atoms with Crippen LogP contribution in [0.15, 0.2) is 24.3 Å². The summed E-state index contributed by atoms with van der Waals surface area (Å²) in [5.41, 5.74) is 0.209. The zero-order valence-corrected chi connectivity index (χ0v) is 13.8. The highest BCUT2D eigenvalue weighted by molar-refractivity contribution is 5.92. The molecular weight excluding hydrogens is 310 g/mol. The van der Waals surface area contributed by atoms with E-state index in [2.05, 4.69) is 0 Å². The van der Waals surface area contributed by atoms with Crippen molar-refractivity contribution in [3.05, 3.63) is 29.8 Å². The monoisotopic (exact) mass is 333 g/mol. The van der Waals surface area contributed by atoms with E-state index in [1.165, 1.54) is 4.90 Å². The number of hydrogen-bond donors (Lipinski definition) is 2. The number of aliphatic hydroxyl groups is 1. The highest BCUT2D eigenvalue weighted by atomic mass is 16.5. The molecule has 0 unspecified atom stereocenters. The number of ether oxygens (including phenoxy) is 1. The molecule has 2 fully saturated rings. The van der Waals surface area contributed by atoms with Crippen molar-refractivity contribution in [1.82, 2.24) is 4.90 Å². The zero-order valence-electron chi connectivity index (χ0n) is 13.8. The van der Waals surface area contributed by atoms with Crippen molar-refractivity contribution in [2.24, 2.45) is 0 Å². The van der Waals surface area contributed by atoms with E-state index in [9.17, 15) is 19.8 Å². The van der Waals surface area contributed by atoms with Crippen LogP contribution in [0.1, 0.15) is 37.7 Å². The van der Waals surface area contributed by atoms with Crippen molar-refractivity contribution < 1.29 is 24.5 Å². The molecule has 2 N–H and O–H groups in total. The van der Waals surface area contributed by atoms with Gasteiger partial charge in [0.15, 0.2) is 0 Å². The molecule has 0 spiro atoms. The van der Waals surface area contributed by atoms with Gasteiger partial charge in [-0.2, -0.15) is 0 Å². The van der Waals surface area contributed by atoms with Gasteiger partial charge in [-0.3, -0.25) is 4.79 Å². The van der Waals surface area contributed by atoms with Crippen LogP contribution in [0, 0.1) is 0 Å². The van der Waals surface area contributed by atoms with Crippen LogP contribution < -0.4 is 4.74 Å². The van der Waals surface area contributed by atoms with E-state index in [0.717, 1.165) is 24.2 Å². The van der Waals surface area contributed by atoms with Crippen molar-refractivity contribution in [2.75, 3.05) is 13.7 Å². The Morgan fingerprint density at radius 1 is 1.21 bits per heavy atom. The van der Waals surface area contributed by atoms with Crippen molar-refractivity contribution in [3.63, 3.8) is 0 Å². The van der Waals surface area contributed by atoms with Crippen LogP contribution in [-0.2, 0) is 15.0 Å². The van der Waals surface area contributed by atoms with Gasteiger partial charge in [0.05, 0.1) is 18.6 Å². The van der Waals surface area contributed by atoms with Crippen LogP contribution in [0.5, 0.6) is 5.75 Å². The molecule has 1 aromatic carbocycles. The summed E-state index contributed by atoms with van der Waals surface area (Å²) < 4.78 is 5.18. The lowest BCUT2D eigenvalue weighted by Gasteiger charge is -2.34. The van der Waals surface area contributed by atoms with Gasteiger partial charge >= 0.3 is 5.97 Å². The summed E-state index contributed by atoms with van der Waals surface area (Å²) in [6.45, 7) is 0.0910. The number of carboxylic acids is 1. The molecule has 1 saturated carbocycles. The lowest BCUT2D eigenvalue weighted by Crippen LogP contribution is -2.50. The maximum absolute atomic E-state index is 13.3. The fourth-order valence-electron chi connectivity index (χ4n) is 4.06. The maximum atomic E-state index is 13.3. The predicted octanol–water partition coefficient (Wildman–Crippen LogP) is 1.55. The molecule has 0 bridgehead atoms. The Bertz CT molecular complexity index is 621. The number of likely N-dealkylation sites (tertiary alicyclic amines) is 1. The molecule has 6 heteroatoms. The summed E-state index contributed by atoms with van der Waals surface area (Å²) in [6, 6.07) is 6.50. The molecule has 0 aromatic heterocycles. The van der Waals surface area contributed by atoms with Crippen molar-refractivity contribution >= 4 is 11.9 Å². The number of methoxy groups -OCH3 is 1. The van der Waals surface area contributed by atoms with Gasteiger partial charge in [-0.1, -0.05) is 25.0 Å². The quantitative estimate of drug-likeness (QED) is 0.873. The average Bonchev–Trinajstić information content (AvgIpc) is 3.22. The first-order valence-electron chi connectivity index (χ1n) is 8.34. The molecule has 1 saturated heterocycles. The summed E-state index contributed by atoms with van der Waals surface area (Å²) in [4.78, 5) is 26.1. The lowest BCUT2D eigenvalue weighted by atomic mass is 9.77. The molecule has 1 aliphatic carbocycles. The van der Waals surface area contributed by atoms with Crippen LogP contribution in [-0.4, -0.2) is 52.8 Å². The number of amides is 1. The second kappa shape index (κ2) is 6.43. The minimum atomic E-state index is -1.05. The fourth-order valence-corrected chi connectivity index (χ4v) is 4.06. The number of carboxylic acid groups (broad SMARTS) is 1. The third-order valence-electron chi connectivity index (χ3n) is 5.33. The number of aliphatic carboxylic acids is 1. The Labute approximate surface area is 141 Å². The maximum Gasteiger partial charge on any atom is 0.326 e. The number of aliphatic hydroxyl groups excluding tert-OH is 1. The Hall–Kier alpha value is -2.08. The Morgan fingerprint density at radius 2 is 1.83 bits per heavy atom. The van der Waals surface area contributed by atoms with E-state index in [0.29, 0.717) is 12.8 Å². The molecular formula is C18H23NO5. The van der Waals surface area contributed by atoms with E-state index in [1.807, 2.05) is 24.3 Å². The molecule has 0 radical (unpaired) electrons. The molecule has 1 amide bonds. The van der Waals surface area contributed by atoms with Crippen LogP contribution >= 0.6 is 0 Å². The molecule has 130 valence electrons. The first-order chi connectivity index (χ1) is 11.5. The third kappa shape index (κ3) is 2.75. The van der Waals surface area contributed by atoms with Crippen LogP contribution in [0.3, 0.4) is 0 Å². The predicted molar refractivity (Wildman–Crippen MR) is 86.9 cm³/mol. The highest BCUT2D eigenvalue weighted by Crippen LogP contribution is 2.44. The molecule has 2 aliphatic rings. The van der Waals surface area contributed by atoms with E-state index in [-0.39, 0.29) is 18.9 Å². The normalized spacial score (nSPS) is 25.7. The highest BCUT2D eigenvalue weighted by Gasteiger charge is 2.50. The van der Waals surface area contributed by atoms with E-state index < -0.39 is 23.5 Å². The van der Waals surface area contributed by atoms with Crippen molar-refractivity contribution in [1.29, 1.82) is 0 Å². The smallest absolute Gasteiger partial charge is 0.326 e. The Balaban J connectivity index is 1.94. The molecule has 6 nitrogen and oxygen atoms in total. The lowest BCUT2D eigenvalue weighted by molar-refractivity contribution is -0.150. The fraction of sp³-hybridized carbons (Fsp3) is 0.556. The minimum Gasteiger partial charge on any atom is -0.497 e. The number of benzene rings is 1. The molecule has 1 aliphatic heterocycles. The molecule has 1 heterocycles. The Morgan fingerprint density at radius 3 is 2.38 bits per heavy atom. The van der Waals surface area contributed by atoms with Crippen molar-refractivity contribution in [2.45, 2.75) is 49.7 Å². The molecule has 24 heavy (non-hydrogen) atoms. The second-order valence-electron chi connectivity index (χ2n) is 6.72. The average molecular weight is 333 g/mol. The van der Waals surface area contributed by atoms with Gasteiger partial charge in [0.1, 0.15) is 11.8 Å². The van der Waals surface area contributed by atoms with Gasteiger partial charge in [-0.05, 0) is 30.5 Å². The third-order valence-corrected chi connectivity index (χ3v) is 5.33. The summed E-state index contributed by atoms with van der Waals surface area (Å²) in [7, 11) is 1.59. The molecule has 2 atom stereocenters. The van der Waals surface area contributed by atoms with Gasteiger partial charge < -0.3 is 19.8 Å². The van der Waals surface area contributed by atoms with E-state index in [1.54, 1.807) is 7.11 Å². The zero-order chi connectivity index (χ0) is 17.3. The van der Waals surface area contributed by atoms with Gasteiger partial charge in [0.25, 0.3) is 0 Å². The standard InChI is InChI=1S/C18H23NO5/c1-24-14-6-4-12(5-7-14)18(8-2-3-9-18)17(23)19-11-13(20)10-15(19)16(21)22/h4-7,13,15,20H,2-3,8-11H2,1H3,(H,21,22)/t13-,15-/m1/s1. The number of carbonyl (C=O) groups is 2. The van der Waals surface area contributed by atoms with Crippen LogP contribution in [0.2, 0.25) is 0 Å². The van der Waals surface area contributed by atoms with E-state index >= 15 is 0 Å². The summed E-state index contributed by atoms with van der Waals surface area (Å²) in [6.07, 6.45) is 2.61. The largest absolute Gasteiger partial charge is 0.497 e. The SMILES string of the molecule is COc1ccc(C2(C(=O)N3C[C@H](O)C[C@@H]3C(=O)O)CCCC2)cc1. The van der Waals surface area contributed by atoms with Gasteiger partial charge in [-0.15, -0.1) is 0 Å². The topological polar surface area (TPSA) is 87.1 Å². The number of carbonyl (C=O) groups excluding carboxylic acids is 1. The first kappa shape index (κ1) is 16.8. The second-order valence-corrected chi connectivity index (χ2v) is 6.72. The summed E-state index contributed by atoms with van der Waals surface area (Å²) >= 11 is 0. The van der Waals surface area contributed by atoms with Crippen molar-refractivity contribution in [3.8, 4) is 5.75 Å². The summed E-state index contributed by atoms with van der Waals surface area (Å²) in [5.74, 6) is -0.503. The number of nitrogens with zero attached hydrogens (tertiary/aromatic N) is 1. The number of hydrogen-bond acceptors (Lipinski definition) is 4. The molecule has 3 rings (SSSR count). The minimum absolute atomic E-state index is 0.0910. The van der Waals surface area contributed by atoms with Gasteiger partial charge in [0, 0.05) is 13.0 Å². The van der Waals surface area contributed by atoms with E-state index in [4.69, 9.17) is 4.74 Å². The van der Waals surface area contributed by atoms with Gasteiger partial charge in [-0.25, -0.2) is 4.79 Å². The number of β-amino-alcohol motifs (C(OH)–C–C–N with tert-alkyl or cyclic N) is 1. The summed E-state index contributed by atoms with van der Waals surface area (Å²) in [5, 5.41) is 19.3. The first-order valence-corrected chi connectivity index (χ1v) is 8.34. The van der Waals surface area contributed by atoms with Crippen LogP contribution in [0.25, 0.3) is 0 Å². The number of rotatable bonds is 4. The molecule has 1 aromatic rings. The van der Waals surface area contributed by atoms with Crippen LogP contribution in [0.4, 0.5) is 0 Å².